The number of carbonyl (C=O) groups excluding carboxylic acids is 1. The number of methoxy groups -OCH3 is 1. The van der Waals surface area contributed by atoms with E-state index in [-0.39, 0.29) is 11.7 Å². The normalized spacial score (nSPS) is 15.8. The van der Waals surface area contributed by atoms with E-state index in [2.05, 4.69) is 4.74 Å². The molecule has 1 heterocycles. The molecule has 0 bridgehead atoms. The van der Waals surface area contributed by atoms with Crippen LogP contribution in [0, 0.1) is 0 Å². The fraction of sp³-hybridized carbons (Fsp3) is 0.235. The van der Waals surface area contributed by atoms with Crippen molar-refractivity contribution in [2.45, 2.75) is 11.4 Å². The summed E-state index contributed by atoms with van der Waals surface area (Å²) in [6, 6.07) is 14.2. The fourth-order valence-corrected chi connectivity index (χ4v) is 4.17. The van der Waals surface area contributed by atoms with Gasteiger partial charge in [-0.25, -0.2) is 13.2 Å². The first-order valence-electron chi connectivity index (χ1n) is 7.25. The summed E-state index contributed by atoms with van der Waals surface area (Å²) in [5, 5.41) is 0. The van der Waals surface area contributed by atoms with Crippen LogP contribution in [0.2, 0.25) is 0 Å². The van der Waals surface area contributed by atoms with E-state index < -0.39 is 9.84 Å². The number of nitrogens with zero attached hydrogens (tertiary/aromatic N) is 1. The minimum atomic E-state index is -3.19. The van der Waals surface area contributed by atoms with Crippen LogP contribution in [-0.2, 0) is 21.1 Å². The molecule has 0 spiro atoms. The van der Waals surface area contributed by atoms with Crippen LogP contribution in [0.3, 0.4) is 0 Å². The van der Waals surface area contributed by atoms with E-state index in [0.717, 1.165) is 11.3 Å². The SMILES string of the molecule is COC(=O)c1ccc(CN2CCS(=O)(=O)c3ccccc32)cc1. The number of para-hydroxylation sites is 1. The Morgan fingerprint density at radius 2 is 1.83 bits per heavy atom. The van der Waals surface area contributed by atoms with Gasteiger partial charge in [0.15, 0.2) is 9.84 Å². The molecule has 0 radical (unpaired) electrons. The van der Waals surface area contributed by atoms with Crippen molar-refractivity contribution in [2.24, 2.45) is 0 Å². The van der Waals surface area contributed by atoms with Crippen LogP contribution in [0.5, 0.6) is 0 Å². The maximum Gasteiger partial charge on any atom is 0.337 e. The minimum absolute atomic E-state index is 0.115. The summed E-state index contributed by atoms with van der Waals surface area (Å²) in [4.78, 5) is 13.9. The van der Waals surface area contributed by atoms with Gasteiger partial charge >= 0.3 is 5.97 Å². The van der Waals surface area contributed by atoms with Crippen LogP contribution in [-0.4, -0.2) is 33.8 Å². The number of esters is 1. The molecular weight excluding hydrogens is 314 g/mol. The van der Waals surface area contributed by atoms with E-state index in [1.165, 1.54) is 7.11 Å². The highest BCUT2D eigenvalue weighted by Crippen LogP contribution is 2.31. The Morgan fingerprint density at radius 3 is 2.52 bits per heavy atom. The Bertz CT molecular complexity index is 828. The van der Waals surface area contributed by atoms with E-state index in [4.69, 9.17) is 0 Å². The van der Waals surface area contributed by atoms with E-state index in [9.17, 15) is 13.2 Å². The Kier molecular flexibility index (Phi) is 4.09. The molecule has 0 unspecified atom stereocenters. The Hall–Kier alpha value is -2.34. The summed E-state index contributed by atoms with van der Waals surface area (Å²) in [5.74, 6) is -0.254. The first-order chi connectivity index (χ1) is 11.0. The van der Waals surface area contributed by atoms with Gasteiger partial charge in [-0.3, -0.25) is 0 Å². The number of anilines is 1. The fourth-order valence-electron chi connectivity index (χ4n) is 2.69. The third-order valence-electron chi connectivity index (χ3n) is 3.92. The summed E-state index contributed by atoms with van der Waals surface area (Å²) in [7, 11) is -1.84. The van der Waals surface area contributed by atoms with Crippen LogP contribution in [0.1, 0.15) is 15.9 Å². The van der Waals surface area contributed by atoms with E-state index >= 15 is 0 Å². The highest BCUT2D eigenvalue weighted by atomic mass is 32.2. The van der Waals surface area contributed by atoms with Crippen molar-refractivity contribution in [3.63, 3.8) is 0 Å². The zero-order chi connectivity index (χ0) is 16.4. The van der Waals surface area contributed by atoms with Crippen molar-refractivity contribution in [3.8, 4) is 0 Å². The van der Waals surface area contributed by atoms with E-state index in [1.807, 2.05) is 29.2 Å². The minimum Gasteiger partial charge on any atom is -0.465 e. The molecule has 23 heavy (non-hydrogen) atoms. The van der Waals surface area contributed by atoms with E-state index in [0.29, 0.717) is 23.5 Å². The Balaban J connectivity index is 1.85. The van der Waals surface area contributed by atoms with Crippen molar-refractivity contribution in [1.29, 1.82) is 0 Å². The first kappa shape index (κ1) is 15.6. The van der Waals surface area contributed by atoms with Gasteiger partial charge in [0.1, 0.15) is 0 Å². The number of ether oxygens (including phenoxy) is 1. The molecule has 0 N–H and O–H groups in total. The Morgan fingerprint density at radius 1 is 1.13 bits per heavy atom. The maximum atomic E-state index is 12.1. The zero-order valence-corrected chi connectivity index (χ0v) is 13.5. The zero-order valence-electron chi connectivity index (χ0n) is 12.7. The lowest BCUT2D eigenvalue weighted by Gasteiger charge is -2.31. The summed E-state index contributed by atoms with van der Waals surface area (Å²) in [6.07, 6.45) is 0. The number of rotatable bonds is 3. The van der Waals surface area contributed by atoms with Gasteiger partial charge in [0.25, 0.3) is 0 Å². The third-order valence-corrected chi connectivity index (χ3v) is 5.65. The second-order valence-electron chi connectivity index (χ2n) is 5.40. The average molecular weight is 331 g/mol. The molecule has 0 aromatic heterocycles. The molecule has 3 rings (SSSR count). The second-order valence-corrected chi connectivity index (χ2v) is 7.47. The molecule has 120 valence electrons. The molecule has 2 aromatic carbocycles. The summed E-state index contributed by atoms with van der Waals surface area (Å²) >= 11 is 0. The highest BCUT2D eigenvalue weighted by Gasteiger charge is 2.27. The lowest BCUT2D eigenvalue weighted by Crippen LogP contribution is -2.34. The first-order valence-corrected chi connectivity index (χ1v) is 8.90. The molecule has 5 nitrogen and oxygen atoms in total. The van der Waals surface area contributed by atoms with Gasteiger partial charge < -0.3 is 9.64 Å². The second kappa shape index (κ2) is 6.04. The predicted octanol–water partition coefficient (Wildman–Crippen LogP) is 2.27. The van der Waals surface area contributed by atoms with Gasteiger partial charge in [0, 0.05) is 13.1 Å². The number of sulfone groups is 1. The smallest absolute Gasteiger partial charge is 0.337 e. The molecule has 0 atom stereocenters. The lowest BCUT2D eigenvalue weighted by molar-refractivity contribution is 0.0600. The van der Waals surface area contributed by atoms with Gasteiger partial charge in [-0.1, -0.05) is 24.3 Å². The van der Waals surface area contributed by atoms with Crippen molar-refractivity contribution in [2.75, 3.05) is 24.3 Å². The van der Waals surface area contributed by atoms with Crippen LogP contribution in [0.15, 0.2) is 53.4 Å². The molecule has 0 amide bonds. The van der Waals surface area contributed by atoms with Gasteiger partial charge in [0.2, 0.25) is 0 Å². The third kappa shape index (κ3) is 3.07. The summed E-state index contributed by atoms with van der Waals surface area (Å²) in [6.45, 7) is 1.05. The summed E-state index contributed by atoms with van der Waals surface area (Å²) in [5.41, 5.74) is 2.24. The average Bonchev–Trinajstić information content (AvgIpc) is 2.58. The van der Waals surface area contributed by atoms with Crippen LogP contribution in [0.25, 0.3) is 0 Å². The standard InChI is InChI=1S/C17H17NO4S/c1-22-17(19)14-8-6-13(7-9-14)12-18-10-11-23(20,21)16-5-3-2-4-15(16)18/h2-9H,10-12H2,1H3. The quantitative estimate of drug-likeness (QED) is 0.807. The van der Waals surface area contributed by atoms with Crippen LogP contribution in [0.4, 0.5) is 5.69 Å². The number of carbonyl (C=O) groups is 1. The van der Waals surface area contributed by atoms with Crippen molar-refractivity contribution in [1.82, 2.24) is 0 Å². The van der Waals surface area contributed by atoms with Crippen molar-refractivity contribution >= 4 is 21.5 Å². The predicted molar refractivity (Wildman–Crippen MR) is 87.3 cm³/mol. The largest absolute Gasteiger partial charge is 0.465 e. The molecular formula is C17H17NO4S. The summed E-state index contributed by atoms with van der Waals surface area (Å²) < 4.78 is 29.0. The molecule has 0 fully saturated rings. The van der Waals surface area contributed by atoms with E-state index in [1.54, 1.807) is 24.3 Å². The van der Waals surface area contributed by atoms with Gasteiger partial charge in [-0.05, 0) is 29.8 Å². The number of hydrogen-bond donors (Lipinski definition) is 0. The molecule has 1 aliphatic rings. The molecule has 1 aliphatic heterocycles. The Labute approximate surface area is 135 Å². The van der Waals surface area contributed by atoms with Crippen LogP contribution >= 0.6 is 0 Å². The molecule has 0 saturated carbocycles. The number of hydrogen-bond acceptors (Lipinski definition) is 5. The van der Waals surface area contributed by atoms with Crippen LogP contribution < -0.4 is 4.90 Å². The monoisotopic (exact) mass is 331 g/mol. The van der Waals surface area contributed by atoms with Crippen molar-refractivity contribution in [3.05, 3.63) is 59.7 Å². The highest BCUT2D eigenvalue weighted by molar-refractivity contribution is 7.91. The molecule has 2 aromatic rings. The van der Waals surface area contributed by atoms with Gasteiger partial charge in [-0.15, -0.1) is 0 Å². The van der Waals surface area contributed by atoms with Gasteiger partial charge in [0.05, 0.1) is 29.0 Å². The molecule has 6 heteroatoms. The molecule has 0 aliphatic carbocycles. The number of benzene rings is 2. The maximum absolute atomic E-state index is 12.1. The lowest BCUT2D eigenvalue weighted by atomic mass is 10.1. The topological polar surface area (TPSA) is 63.7 Å². The molecule has 0 saturated heterocycles. The number of fused-ring (bicyclic) bond motifs is 1. The van der Waals surface area contributed by atoms with Gasteiger partial charge in [-0.2, -0.15) is 0 Å². The van der Waals surface area contributed by atoms with Crippen molar-refractivity contribution < 1.29 is 17.9 Å².